The SMILES string of the molecule is [2H]c1c([2H])c([2H])c(-c2c(F)cc3c(N4CCN(C(=O)OC(C)(C)C)C[C@@H]4C)nc(=O)n(-c4c(C(C)C)ncnc4C(C)C)c3[n+]2[O-])c(O)c1[2H]. The molecule has 0 unspecified atom stereocenters. The van der Waals surface area contributed by atoms with Crippen LogP contribution in [0.2, 0.25) is 0 Å². The van der Waals surface area contributed by atoms with Crippen molar-refractivity contribution in [2.45, 2.75) is 78.9 Å². The zero-order valence-corrected chi connectivity index (χ0v) is 27.1. The fourth-order valence-electron chi connectivity index (χ4n) is 5.60. The summed E-state index contributed by atoms with van der Waals surface area (Å²) in [5.41, 5.74) is -2.82. The number of amides is 1. The average Bonchev–Trinajstić information content (AvgIpc) is 3.03. The van der Waals surface area contributed by atoms with Gasteiger partial charge in [-0.25, -0.2) is 28.7 Å². The Morgan fingerprint density at radius 3 is 2.37 bits per heavy atom. The van der Waals surface area contributed by atoms with Crippen LogP contribution in [-0.2, 0) is 4.74 Å². The first-order valence-corrected chi connectivity index (χ1v) is 15.0. The number of piperazine rings is 1. The lowest BCUT2D eigenvalue weighted by Gasteiger charge is -2.40. The van der Waals surface area contributed by atoms with Gasteiger partial charge in [-0.05, 0) is 57.7 Å². The van der Waals surface area contributed by atoms with Crippen LogP contribution in [-0.4, -0.2) is 66.9 Å². The lowest BCUT2D eigenvalue weighted by Crippen LogP contribution is -2.55. The molecule has 0 radical (unpaired) electrons. The lowest BCUT2D eigenvalue weighted by atomic mass is 10.0. The van der Waals surface area contributed by atoms with E-state index in [1.165, 1.54) is 11.2 Å². The van der Waals surface area contributed by atoms with Gasteiger partial charge in [0.1, 0.15) is 23.1 Å². The lowest BCUT2D eigenvalue weighted by molar-refractivity contribution is -0.569. The highest BCUT2D eigenvalue weighted by Crippen LogP contribution is 2.35. The van der Waals surface area contributed by atoms with Crippen LogP contribution in [0.4, 0.5) is 15.0 Å². The van der Waals surface area contributed by atoms with Gasteiger partial charge in [0, 0.05) is 25.7 Å². The fraction of sp³-hybridized carbons (Fsp3) is 0.455. The van der Waals surface area contributed by atoms with Gasteiger partial charge in [0.25, 0.3) is 0 Å². The van der Waals surface area contributed by atoms with Gasteiger partial charge in [-0.2, -0.15) is 4.98 Å². The maximum absolute atomic E-state index is 16.4. The fourth-order valence-corrected chi connectivity index (χ4v) is 5.60. The maximum atomic E-state index is 16.4. The number of aromatic nitrogens is 5. The summed E-state index contributed by atoms with van der Waals surface area (Å²) in [4.78, 5) is 43.6. The van der Waals surface area contributed by atoms with Crippen molar-refractivity contribution in [2.24, 2.45) is 0 Å². The number of carbonyl (C=O) groups excluding carboxylic acids is 1. The van der Waals surface area contributed by atoms with Crippen molar-refractivity contribution in [2.75, 3.05) is 24.5 Å². The van der Waals surface area contributed by atoms with Gasteiger partial charge in [-0.3, -0.25) is 0 Å². The number of phenols is 1. The van der Waals surface area contributed by atoms with E-state index >= 15 is 4.39 Å². The van der Waals surface area contributed by atoms with Crippen LogP contribution in [0.1, 0.15) is 84.1 Å². The van der Waals surface area contributed by atoms with Gasteiger partial charge in [-0.15, -0.1) is 4.57 Å². The van der Waals surface area contributed by atoms with Crippen LogP contribution >= 0.6 is 0 Å². The molecule has 1 amide bonds. The second-order valence-corrected chi connectivity index (χ2v) is 12.9. The summed E-state index contributed by atoms with van der Waals surface area (Å²) in [6.07, 6.45) is 0.827. The smallest absolute Gasteiger partial charge is 0.442 e. The Labute approximate surface area is 272 Å². The molecule has 13 heteroatoms. The predicted molar refractivity (Wildman–Crippen MR) is 172 cm³/mol. The molecule has 1 aromatic carbocycles. The van der Waals surface area contributed by atoms with E-state index in [0.717, 1.165) is 10.6 Å². The van der Waals surface area contributed by atoms with Crippen molar-refractivity contribution < 1.29 is 29.2 Å². The van der Waals surface area contributed by atoms with Gasteiger partial charge in [-0.1, -0.05) is 39.8 Å². The Morgan fingerprint density at radius 2 is 1.78 bits per heavy atom. The summed E-state index contributed by atoms with van der Waals surface area (Å²) >= 11 is 0. The number of hydrogen-bond acceptors (Lipinski definition) is 9. The van der Waals surface area contributed by atoms with E-state index in [2.05, 4.69) is 15.0 Å². The van der Waals surface area contributed by atoms with Crippen LogP contribution in [0.3, 0.4) is 0 Å². The highest BCUT2D eigenvalue weighted by Gasteiger charge is 2.36. The Hall–Kier alpha value is -4.81. The molecule has 3 aromatic heterocycles. The minimum absolute atomic E-state index is 0.0409. The molecule has 4 heterocycles. The second kappa shape index (κ2) is 12.2. The summed E-state index contributed by atoms with van der Waals surface area (Å²) in [6, 6.07) is -2.82. The van der Waals surface area contributed by atoms with Gasteiger partial charge in [0.05, 0.1) is 22.4 Å². The quantitative estimate of drug-likeness (QED) is 0.236. The molecule has 244 valence electrons. The largest absolute Gasteiger partial charge is 0.710 e. The first-order chi connectivity index (χ1) is 23.3. The average molecular weight is 638 g/mol. The zero-order chi connectivity index (χ0) is 37.1. The van der Waals surface area contributed by atoms with Gasteiger partial charge in [0.15, 0.2) is 23.0 Å². The number of aromatic hydroxyl groups is 1. The van der Waals surface area contributed by atoms with E-state index in [0.29, 0.717) is 11.4 Å². The molecule has 1 saturated heterocycles. The van der Waals surface area contributed by atoms with Crippen molar-refractivity contribution in [3.8, 4) is 22.7 Å². The topological polar surface area (TPSA) is 141 Å². The van der Waals surface area contributed by atoms with E-state index in [4.69, 9.17) is 10.2 Å². The number of anilines is 1. The normalized spacial score (nSPS) is 16.9. The number of fused-ring (bicyclic) bond motifs is 1. The molecule has 0 spiro atoms. The predicted octanol–water partition coefficient (Wildman–Crippen LogP) is 5.01. The molecule has 12 nitrogen and oxygen atoms in total. The molecule has 0 saturated carbocycles. The molecule has 5 rings (SSSR count). The van der Waals surface area contributed by atoms with Crippen LogP contribution in [0, 0.1) is 11.0 Å². The first-order valence-electron chi connectivity index (χ1n) is 17.0. The summed E-state index contributed by atoms with van der Waals surface area (Å²) in [7, 11) is 0. The molecule has 0 aliphatic carbocycles. The van der Waals surface area contributed by atoms with Gasteiger partial charge in [0.2, 0.25) is 0 Å². The zero-order valence-electron chi connectivity index (χ0n) is 31.1. The van der Waals surface area contributed by atoms with Gasteiger partial charge >= 0.3 is 17.4 Å². The number of nitrogens with zero attached hydrogens (tertiary/aromatic N) is 7. The third-order valence-corrected chi connectivity index (χ3v) is 7.63. The number of ether oxygens (including phenoxy) is 1. The minimum atomic E-state index is -1.24. The number of para-hydroxylation sites is 1. The Kier molecular flexibility index (Phi) is 7.28. The van der Waals surface area contributed by atoms with E-state index in [1.54, 1.807) is 32.6 Å². The van der Waals surface area contributed by atoms with E-state index < -0.39 is 76.1 Å². The monoisotopic (exact) mass is 637 g/mol. The molecular formula is C33H40FN7O5. The van der Waals surface area contributed by atoms with Crippen molar-refractivity contribution in [1.82, 2.24) is 24.4 Å². The third-order valence-electron chi connectivity index (χ3n) is 7.63. The van der Waals surface area contributed by atoms with Crippen molar-refractivity contribution >= 4 is 22.9 Å². The Morgan fingerprint density at radius 1 is 1.15 bits per heavy atom. The Balaban J connectivity index is 1.87. The van der Waals surface area contributed by atoms with Crippen molar-refractivity contribution in [3.63, 3.8) is 0 Å². The molecule has 1 aliphatic heterocycles. The van der Waals surface area contributed by atoms with Crippen LogP contribution in [0.5, 0.6) is 5.75 Å². The number of phenolic OH excluding ortho intramolecular Hbond substituents is 1. The van der Waals surface area contributed by atoms with Crippen LogP contribution in [0.15, 0.2) is 41.4 Å². The van der Waals surface area contributed by atoms with E-state index in [1.807, 2.05) is 27.7 Å². The molecule has 0 bridgehead atoms. The van der Waals surface area contributed by atoms with Crippen molar-refractivity contribution in [1.29, 1.82) is 0 Å². The molecule has 46 heavy (non-hydrogen) atoms. The first kappa shape index (κ1) is 27.5. The summed E-state index contributed by atoms with van der Waals surface area (Å²) in [5, 5.41) is 25.4. The standard InChI is InChI=1S/C33H40FN7O5/c1-18(2)25-28(26(19(3)4)36-17-35-25)40-30-22(15-23(34)27(41(30)45)21-11-9-10-12-24(21)42)29(37-31(40)43)39-14-13-38(16-20(39)5)32(44)46-33(6,7)8/h9-12,15,17-20,42H,13-14,16H2,1-8H3/t20-/m0/s1/i9D,10D,11D,12D. The second-order valence-electron chi connectivity index (χ2n) is 12.9. The molecule has 1 N–H and O–H groups in total. The number of rotatable bonds is 5. The summed E-state index contributed by atoms with van der Waals surface area (Å²) in [6.45, 7) is 14.9. The molecule has 1 fully saturated rings. The van der Waals surface area contributed by atoms with Crippen LogP contribution < -0.4 is 15.3 Å². The number of pyridine rings is 1. The summed E-state index contributed by atoms with van der Waals surface area (Å²) < 4.78 is 55.7. The molecule has 1 atom stereocenters. The maximum Gasteiger partial charge on any atom is 0.442 e. The van der Waals surface area contributed by atoms with Gasteiger partial charge < -0.3 is 24.9 Å². The van der Waals surface area contributed by atoms with Crippen molar-refractivity contribution in [3.05, 3.63) is 69.5 Å². The molecule has 4 aromatic rings. The number of hydrogen-bond donors (Lipinski definition) is 1. The van der Waals surface area contributed by atoms with Crippen LogP contribution in [0.25, 0.3) is 28.0 Å². The number of halogens is 1. The van der Waals surface area contributed by atoms with E-state index in [-0.39, 0.29) is 53.1 Å². The number of carbonyl (C=O) groups is 1. The van der Waals surface area contributed by atoms with E-state index in [9.17, 15) is 19.9 Å². The minimum Gasteiger partial charge on any atom is -0.710 e. The summed E-state index contributed by atoms with van der Waals surface area (Å²) in [5.74, 6) is -2.88. The number of benzene rings is 1. The highest BCUT2D eigenvalue weighted by molar-refractivity contribution is 5.88. The third kappa shape index (κ3) is 5.93. The molecule has 1 aliphatic rings. The molecular weight excluding hydrogens is 593 g/mol. The Bertz CT molecular complexity index is 2030. The highest BCUT2D eigenvalue weighted by atomic mass is 19.1.